The molecule has 0 fully saturated rings. The van der Waals surface area contributed by atoms with Gasteiger partial charge in [0.2, 0.25) is 0 Å². The highest BCUT2D eigenvalue weighted by Gasteiger charge is 2.17. The van der Waals surface area contributed by atoms with Crippen LogP contribution >= 0.6 is 0 Å². The molecule has 2 rings (SSSR count). The van der Waals surface area contributed by atoms with Gasteiger partial charge in [0.15, 0.2) is 0 Å². The van der Waals surface area contributed by atoms with Crippen LogP contribution in [0.2, 0.25) is 0 Å². The summed E-state index contributed by atoms with van der Waals surface area (Å²) in [4.78, 5) is 8.52. The van der Waals surface area contributed by atoms with Crippen molar-refractivity contribution in [2.75, 3.05) is 11.9 Å². The average Bonchev–Trinajstić information content (AvgIpc) is 2.73. The van der Waals surface area contributed by atoms with Crippen LogP contribution in [0.25, 0.3) is 0 Å². The summed E-state index contributed by atoms with van der Waals surface area (Å²) >= 11 is 0. The number of aromatic nitrogens is 2. The first-order valence-corrected chi connectivity index (χ1v) is 5.93. The highest BCUT2D eigenvalue weighted by molar-refractivity contribution is 5.47. The highest BCUT2D eigenvalue weighted by Crippen LogP contribution is 2.24. The second-order valence-electron chi connectivity index (χ2n) is 4.69. The van der Waals surface area contributed by atoms with Gasteiger partial charge in [0.25, 0.3) is 0 Å². The van der Waals surface area contributed by atoms with Gasteiger partial charge in [-0.05, 0) is 25.2 Å². The van der Waals surface area contributed by atoms with Crippen molar-refractivity contribution in [3.8, 4) is 0 Å². The summed E-state index contributed by atoms with van der Waals surface area (Å²) in [6.07, 6.45) is 4.55. The van der Waals surface area contributed by atoms with E-state index in [2.05, 4.69) is 15.3 Å². The fourth-order valence-corrected chi connectivity index (χ4v) is 1.95. The van der Waals surface area contributed by atoms with Gasteiger partial charge in [-0.2, -0.15) is 0 Å². The largest absolute Gasteiger partial charge is 0.391 e. The minimum Gasteiger partial charge on any atom is -0.391 e. The van der Waals surface area contributed by atoms with Crippen molar-refractivity contribution in [2.24, 2.45) is 5.92 Å². The standard InChI is InChI=1S/C12H19N3O/c1-8(2)11(16)6-13-12-9-4-3-5-10(9)14-7-15-12/h7-8,11,16H,3-6H2,1-2H3,(H,13,14,15). The van der Waals surface area contributed by atoms with E-state index in [0.29, 0.717) is 6.54 Å². The van der Waals surface area contributed by atoms with Gasteiger partial charge in [-0.15, -0.1) is 0 Å². The molecule has 0 amide bonds. The lowest BCUT2D eigenvalue weighted by Crippen LogP contribution is -2.25. The van der Waals surface area contributed by atoms with Gasteiger partial charge in [0, 0.05) is 17.8 Å². The predicted octanol–water partition coefficient (Wildman–Crippen LogP) is 1.39. The van der Waals surface area contributed by atoms with Gasteiger partial charge in [-0.1, -0.05) is 13.8 Å². The number of hydrogen-bond donors (Lipinski definition) is 2. The second-order valence-corrected chi connectivity index (χ2v) is 4.69. The summed E-state index contributed by atoms with van der Waals surface area (Å²) in [7, 11) is 0. The normalized spacial score (nSPS) is 16.2. The Balaban J connectivity index is 2.03. The summed E-state index contributed by atoms with van der Waals surface area (Å²) in [6, 6.07) is 0. The van der Waals surface area contributed by atoms with Gasteiger partial charge in [0.1, 0.15) is 12.1 Å². The number of fused-ring (bicyclic) bond motifs is 1. The van der Waals surface area contributed by atoms with Crippen LogP contribution in [0.4, 0.5) is 5.82 Å². The maximum Gasteiger partial charge on any atom is 0.132 e. The molecule has 1 unspecified atom stereocenters. The van der Waals surface area contributed by atoms with E-state index in [1.807, 2.05) is 13.8 Å². The molecule has 88 valence electrons. The zero-order valence-electron chi connectivity index (χ0n) is 9.90. The summed E-state index contributed by atoms with van der Waals surface area (Å²) in [5.41, 5.74) is 2.40. The van der Waals surface area contributed by atoms with Gasteiger partial charge in [-0.3, -0.25) is 0 Å². The molecular formula is C12H19N3O. The predicted molar refractivity (Wildman–Crippen MR) is 63.4 cm³/mol. The van der Waals surface area contributed by atoms with E-state index < -0.39 is 0 Å². The number of nitrogens with one attached hydrogen (secondary N) is 1. The lowest BCUT2D eigenvalue weighted by molar-refractivity contribution is 0.138. The number of anilines is 1. The lowest BCUT2D eigenvalue weighted by Gasteiger charge is -2.16. The molecule has 0 aromatic carbocycles. The maximum absolute atomic E-state index is 9.73. The topological polar surface area (TPSA) is 58.0 Å². The Morgan fingerprint density at radius 1 is 1.38 bits per heavy atom. The first-order valence-electron chi connectivity index (χ1n) is 5.93. The van der Waals surface area contributed by atoms with Crippen LogP contribution in [0.1, 0.15) is 31.5 Å². The van der Waals surface area contributed by atoms with Crippen molar-refractivity contribution in [3.63, 3.8) is 0 Å². The fraction of sp³-hybridized carbons (Fsp3) is 0.667. The molecule has 0 saturated heterocycles. The van der Waals surface area contributed by atoms with Crippen LogP contribution in [0.3, 0.4) is 0 Å². The Labute approximate surface area is 96.1 Å². The maximum atomic E-state index is 9.73. The third kappa shape index (κ3) is 2.32. The molecule has 1 aliphatic rings. The summed E-state index contributed by atoms with van der Waals surface area (Å²) in [6.45, 7) is 4.58. The van der Waals surface area contributed by atoms with E-state index in [4.69, 9.17) is 0 Å². The van der Waals surface area contributed by atoms with E-state index in [-0.39, 0.29) is 12.0 Å². The molecule has 2 N–H and O–H groups in total. The third-order valence-electron chi connectivity index (χ3n) is 3.12. The summed E-state index contributed by atoms with van der Waals surface area (Å²) in [5.74, 6) is 1.17. The fourth-order valence-electron chi connectivity index (χ4n) is 1.95. The third-order valence-corrected chi connectivity index (χ3v) is 3.12. The molecule has 0 saturated carbocycles. The summed E-state index contributed by atoms with van der Waals surface area (Å²) in [5, 5.41) is 13.0. The van der Waals surface area contributed by atoms with Crippen molar-refractivity contribution in [1.29, 1.82) is 0 Å². The second kappa shape index (κ2) is 4.78. The zero-order chi connectivity index (χ0) is 11.5. The Bertz CT molecular complexity index is 365. The van der Waals surface area contributed by atoms with Crippen LogP contribution in [0, 0.1) is 5.92 Å². The molecule has 1 aromatic heterocycles. The molecule has 0 aliphatic heterocycles. The quantitative estimate of drug-likeness (QED) is 0.806. The monoisotopic (exact) mass is 221 g/mol. The Hall–Kier alpha value is -1.16. The van der Waals surface area contributed by atoms with Gasteiger partial charge < -0.3 is 10.4 Å². The van der Waals surface area contributed by atoms with Gasteiger partial charge in [0.05, 0.1) is 6.10 Å². The lowest BCUT2D eigenvalue weighted by atomic mass is 10.1. The molecule has 1 atom stereocenters. The number of aliphatic hydroxyl groups is 1. The van der Waals surface area contributed by atoms with E-state index in [9.17, 15) is 5.11 Å². The molecule has 0 spiro atoms. The number of nitrogens with zero attached hydrogens (tertiary/aromatic N) is 2. The number of hydrogen-bond acceptors (Lipinski definition) is 4. The number of aliphatic hydroxyl groups excluding tert-OH is 1. The molecule has 4 heteroatoms. The molecule has 1 aliphatic carbocycles. The van der Waals surface area contributed by atoms with Crippen molar-refractivity contribution in [2.45, 2.75) is 39.2 Å². The first kappa shape index (κ1) is 11.3. The summed E-state index contributed by atoms with van der Waals surface area (Å²) < 4.78 is 0. The zero-order valence-corrected chi connectivity index (χ0v) is 9.90. The van der Waals surface area contributed by atoms with E-state index >= 15 is 0 Å². The molecule has 16 heavy (non-hydrogen) atoms. The van der Waals surface area contributed by atoms with E-state index in [0.717, 1.165) is 30.8 Å². The number of aryl methyl sites for hydroxylation is 1. The first-order chi connectivity index (χ1) is 7.68. The molecule has 1 aromatic rings. The van der Waals surface area contributed by atoms with Crippen LogP contribution in [-0.4, -0.2) is 27.7 Å². The molecule has 0 bridgehead atoms. The van der Waals surface area contributed by atoms with E-state index in [1.165, 1.54) is 5.56 Å². The van der Waals surface area contributed by atoms with Crippen LogP contribution in [0.5, 0.6) is 0 Å². The molecule has 0 radical (unpaired) electrons. The Morgan fingerprint density at radius 3 is 2.94 bits per heavy atom. The van der Waals surface area contributed by atoms with E-state index in [1.54, 1.807) is 6.33 Å². The Morgan fingerprint density at radius 2 is 2.19 bits per heavy atom. The average molecular weight is 221 g/mol. The molecule has 1 heterocycles. The minimum absolute atomic E-state index is 0.266. The van der Waals surface area contributed by atoms with Crippen molar-refractivity contribution in [1.82, 2.24) is 9.97 Å². The van der Waals surface area contributed by atoms with Crippen molar-refractivity contribution < 1.29 is 5.11 Å². The van der Waals surface area contributed by atoms with Crippen LogP contribution in [0.15, 0.2) is 6.33 Å². The van der Waals surface area contributed by atoms with Gasteiger partial charge in [-0.25, -0.2) is 9.97 Å². The highest BCUT2D eigenvalue weighted by atomic mass is 16.3. The number of rotatable bonds is 4. The molecule has 4 nitrogen and oxygen atoms in total. The van der Waals surface area contributed by atoms with Crippen molar-refractivity contribution >= 4 is 5.82 Å². The van der Waals surface area contributed by atoms with Crippen LogP contribution in [-0.2, 0) is 12.8 Å². The Kier molecular flexibility index (Phi) is 3.39. The van der Waals surface area contributed by atoms with Gasteiger partial charge >= 0.3 is 0 Å². The smallest absolute Gasteiger partial charge is 0.132 e. The van der Waals surface area contributed by atoms with Crippen LogP contribution < -0.4 is 5.32 Å². The van der Waals surface area contributed by atoms with Crippen molar-refractivity contribution in [3.05, 3.63) is 17.6 Å². The minimum atomic E-state index is -0.327. The molecular weight excluding hydrogens is 202 g/mol. The SMILES string of the molecule is CC(C)C(O)CNc1ncnc2c1CCC2.